The maximum Gasteiger partial charge on any atom is 0.271 e. The molecule has 0 spiro atoms. The molecule has 0 unspecified atom stereocenters. The number of hydrogen-bond donors (Lipinski definition) is 1. The van der Waals surface area contributed by atoms with Gasteiger partial charge in [0.15, 0.2) is 0 Å². The van der Waals surface area contributed by atoms with Crippen LogP contribution in [0.1, 0.15) is 68.3 Å². The van der Waals surface area contributed by atoms with Gasteiger partial charge in [0, 0.05) is 24.9 Å². The third-order valence-electron chi connectivity index (χ3n) is 7.04. The molecule has 0 saturated carbocycles. The van der Waals surface area contributed by atoms with Crippen LogP contribution in [0, 0.1) is 13.8 Å². The number of benzene rings is 3. The van der Waals surface area contributed by atoms with Crippen LogP contribution >= 0.6 is 11.3 Å². The molecule has 0 bridgehead atoms. The minimum absolute atomic E-state index is 0.145. The lowest BCUT2D eigenvalue weighted by atomic mass is 9.87. The lowest BCUT2D eigenvalue weighted by Gasteiger charge is -2.38. The molecule has 4 aromatic rings. The van der Waals surface area contributed by atoms with Crippen molar-refractivity contribution in [2.24, 2.45) is 0 Å². The van der Waals surface area contributed by atoms with Crippen LogP contribution in [0.3, 0.4) is 0 Å². The van der Waals surface area contributed by atoms with Crippen molar-refractivity contribution in [2.75, 3.05) is 6.54 Å². The fourth-order valence-electron chi connectivity index (χ4n) is 4.98. The summed E-state index contributed by atoms with van der Waals surface area (Å²) < 4.78 is 6.13. The molecule has 39 heavy (non-hydrogen) atoms. The van der Waals surface area contributed by atoms with Gasteiger partial charge in [-0.2, -0.15) is 0 Å². The largest absolute Gasteiger partial charge is 0.486 e. The van der Waals surface area contributed by atoms with E-state index in [-0.39, 0.29) is 24.5 Å². The second kappa shape index (κ2) is 11.8. The van der Waals surface area contributed by atoms with Crippen molar-refractivity contribution < 1.29 is 14.3 Å². The van der Waals surface area contributed by atoms with E-state index >= 15 is 0 Å². The Bertz CT molecular complexity index is 1480. The van der Waals surface area contributed by atoms with Crippen molar-refractivity contribution in [3.63, 3.8) is 0 Å². The number of carbonyl (C=O) groups excluding carboxylic acids is 2. The number of ether oxygens (including phenoxy) is 1. The van der Waals surface area contributed by atoms with Crippen LogP contribution in [0.5, 0.6) is 5.75 Å². The summed E-state index contributed by atoms with van der Waals surface area (Å²) >= 11 is 1.41. The summed E-state index contributed by atoms with van der Waals surface area (Å²) in [5.74, 6) is 0.667. The molecule has 7 heteroatoms. The van der Waals surface area contributed by atoms with Crippen LogP contribution in [-0.2, 0) is 24.4 Å². The van der Waals surface area contributed by atoms with Crippen LogP contribution in [0.25, 0.3) is 0 Å². The number of thiazole rings is 1. The van der Waals surface area contributed by atoms with E-state index in [4.69, 9.17) is 4.74 Å². The lowest BCUT2D eigenvalue weighted by Crippen LogP contribution is -2.40. The molecule has 1 atom stereocenters. The van der Waals surface area contributed by atoms with Crippen molar-refractivity contribution in [2.45, 2.75) is 52.8 Å². The average molecular weight is 540 g/mol. The molecule has 3 aromatic carbocycles. The number of fused-ring (bicyclic) bond motifs is 1. The Morgan fingerprint density at radius 2 is 1.87 bits per heavy atom. The minimum Gasteiger partial charge on any atom is -0.486 e. The molecule has 1 aliphatic heterocycles. The van der Waals surface area contributed by atoms with E-state index in [1.54, 1.807) is 5.38 Å². The second-order valence-corrected chi connectivity index (χ2v) is 10.9. The molecule has 2 heterocycles. The highest BCUT2D eigenvalue weighted by molar-refractivity contribution is 7.09. The van der Waals surface area contributed by atoms with Crippen molar-refractivity contribution in [3.05, 3.63) is 116 Å². The summed E-state index contributed by atoms with van der Waals surface area (Å²) in [6.45, 7) is 7.43. The first kappa shape index (κ1) is 26.6. The number of hydrogen-bond acceptors (Lipinski definition) is 5. The van der Waals surface area contributed by atoms with Gasteiger partial charge in [0.1, 0.15) is 23.1 Å². The molecule has 5 rings (SSSR count). The molecule has 2 amide bonds. The third kappa shape index (κ3) is 6.20. The number of nitrogens with one attached hydrogen (secondary N) is 1. The van der Waals surface area contributed by atoms with Gasteiger partial charge in [-0.05, 0) is 54.7 Å². The molecule has 0 radical (unpaired) electrons. The summed E-state index contributed by atoms with van der Waals surface area (Å²) in [6.07, 6.45) is 1.29. The molecule has 1 aromatic heterocycles. The van der Waals surface area contributed by atoms with Crippen molar-refractivity contribution >= 4 is 23.2 Å². The maximum atomic E-state index is 12.9. The Morgan fingerprint density at radius 3 is 2.64 bits per heavy atom. The molecule has 0 fully saturated rings. The molecule has 1 N–H and O–H groups in total. The van der Waals surface area contributed by atoms with Crippen molar-refractivity contribution in [1.82, 2.24) is 15.2 Å². The topological polar surface area (TPSA) is 71.5 Å². The predicted molar refractivity (Wildman–Crippen MR) is 154 cm³/mol. The first-order valence-electron chi connectivity index (χ1n) is 13.3. The molecule has 1 aliphatic rings. The highest BCUT2D eigenvalue weighted by Gasteiger charge is 2.31. The number of carbonyl (C=O) groups is 2. The number of rotatable bonds is 8. The fourth-order valence-corrected chi connectivity index (χ4v) is 5.67. The van der Waals surface area contributed by atoms with E-state index < -0.39 is 0 Å². The van der Waals surface area contributed by atoms with Crippen LogP contribution in [0.15, 0.2) is 72.1 Å². The summed E-state index contributed by atoms with van der Waals surface area (Å²) in [5, 5.41) is 5.43. The average Bonchev–Trinajstić information content (AvgIpc) is 3.43. The molecule has 6 nitrogen and oxygen atoms in total. The van der Waals surface area contributed by atoms with Crippen LogP contribution in [0.4, 0.5) is 0 Å². The number of nitrogens with zero attached hydrogens (tertiary/aromatic N) is 2. The van der Waals surface area contributed by atoms with Crippen LogP contribution < -0.4 is 10.1 Å². The van der Waals surface area contributed by atoms with E-state index in [0.717, 1.165) is 39.4 Å². The first-order valence-corrected chi connectivity index (χ1v) is 14.2. The van der Waals surface area contributed by atoms with E-state index in [0.29, 0.717) is 25.2 Å². The van der Waals surface area contributed by atoms with Gasteiger partial charge in [-0.1, -0.05) is 72.6 Å². The zero-order valence-electron chi connectivity index (χ0n) is 22.6. The third-order valence-corrected chi connectivity index (χ3v) is 7.87. The normalized spacial score (nSPS) is 14.5. The second-order valence-electron chi connectivity index (χ2n) is 9.95. The van der Waals surface area contributed by atoms with Crippen molar-refractivity contribution in [1.29, 1.82) is 0 Å². The van der Waals surface area contributed by atoms with Crippen molar-refractivity contribution in [3.8, 4) is 5.75 Å². The minimum atomic E-state index is -0.200. The highest BCUT2D eigenvalue weighted by Crippen LogP contribution is 2.37. The summed E-state index contributed by atoms with van der Waals surface area (Å²) in [7, 11) is 0. The van der Waals surface area contributed by atoms with Gasteiger partial charge in [-0.15, -0.1) is 11.3 Å². The Labute approximate surface area is 233 Å². The molecule has 200 valence electrons. The number of aromatic nitrogens is 1. The number of amides is 2. The van der Waals surface area contributed by atoms with Crippen LogP contribution in [-0.4, -0.2) is 28.2 Å². The highest BCUT2D eigenvalue weighted by atomic mass is 32.1. The zero-order valence-corrected chi connectivity index (χ0v) is 23.4. The standard InChI is InChI=1S/C32H33N3O3S/c1-4-30(36)35-15-14-24-12-13-26(17-27(24)31(35)25-10-8-21(2)9-11-25)38-19-29-34-28(20-39-29)32(37)33-18-23-7-5-6-22(3)16-23/h5-13,16-17,20,31H,4,14-15,18-19H2,1-3H3,(H,33,37)/t31-/m0/s1. The fraction of sp³-hybridized carbons (Fsp3) is 0.281. The summed E-state index contributed by atoms with van der Waals surface area (Å²) in [6, 6.07) is 22.5. The quantitative estimate of drug-likeness (QED) is 0.291. The summed E-state index contributed by atoms with van der Waals surface area (Å²) in [5.41, 5.74) is 7.22. The van der Waals surface area contributed by atoms with Gasteiger partial charge in [0.25, 0.3) is 5.91 Å². The Balaban J connectivity index is 1.29. The SMILES string of the molecule is CCC(=O)N1CCc2ccc(OCc3nc(C(=O)NCc4cccc(C)c4)cs3)cc2[C@@H]1c1ccc(C)cc1. The van der Waals surface area contributed by atoms with Gasteiger partial charge in [-0.3, -0.25) is 9.59 Å². The molecule has 0 saturated heterocycles. The van der Waals surface area contributed by atoms with Gasteiger partial charge in [-0.25, -0.2) is 4.98 Å². The molecular formula is C32H33N3O3S. The van der Waals surface area contributed by atoms with Gasteiger partial charge in [0.05, 0.1) is 6.04 Å². The molecule has 0 aliphatic carbocycles. The van der Waals surface area contributed by atoms with Gasteiger partial charge < -0.3 is 15.0 Å². The van der Waals surface area contributed by atoms with E-state index in [1.807, 2.05) is 43.0 Å². The molecular weight excluding hydrogens is 506 g/mol. The van der Waals surface area contributed by atoms with Gasteiger partial charge >= 0.3 is 0 Å². The monoisotopic (exact) mass is 539 g/mol. The van der Waals surface area contributed by atoms with E-state index in [9.17, 15) is 9.59 Å². The smallest absolute Gasteiger partial charge is 0.271 e. The predicted octanol–water partition coefficient (Wildman–Crippen LogP) is 6.15. The first-order chi connectivity index (χ1) is 18.9. The zero-order chi connectivity index (χ0) is 27.4. The maximum absolute atomic E-state index is 12.9. The Morgan fingerprint density at radius 1 is 1.05 bits per heavy atom. The number of aryl methyl sites for hydroxylation is 2. The van der Waals surface area contributed by atoms with Gasteiger partial charge in [0.2, 0.25) is 5.91 Å². The Kier molecular flexibility index (Phi) is 8.07. The Hall–Kier alpha value is -3.97. The van der Waals surface area contributed by atoms with E-state index in [2.05, 4.69) is 59.7 Å². The van der Waals surface area contributed by atoms with E-state index in [1.165, 1.54) is 22.5 Å². The lowest BCUT2D eigenvalue weighted by molar-refractivity contribution is -0.132. The summed E-state index contributed by atoms with van der Waals surface area (Å²) in [4.78, 5) is 32.0. The van der Waals surface area contributed by atoms with Crippen LogP contribution in [0.2, 0.25) is 0 Å².